The first kappa shape index (κ1) is 36.7. The van der Waals surface area contributed by atoms with E-state index in [-0.39, 0.29) is 5.69 Å². The van der Waals surface area contributed by atoms with Crippen molar-refractivity contribution in [2.75, 3.05) is 0 Å². The molecule has 4 nitrogen and oxygen atoms in total. The molecule has 0 spiro atoms. The smallest absolute Gasteiger partial charge is 0.308 e. The second kappa shape index (κ2) is 13.7. The van der Waals surface area contributed by atoms with Crippen molar-refractivity contribution < 1.29 is 26.3 Å². The van der Waals surface area contributed by atoms with Crippen LogP contribution in [-0.4, -0.2) is 14.1 Å². The normalized spacial score (nSPS) is 12.2. The third-order valence-corrected chi connectivity index (χ3v) is 11.0. The topological polar surface area (TPSA) is 27.1 Å². The van der Waals surface area contributed by atoms with E-state index in [4.69, 9.17) is 11.6 Å². The lowest BCUT2D eigenvalue weighted by Gasteiger charge is -2.20. The molecule has 0 unspecified atom stereocenters. The van der Waals surface area contributed by atoms with E-state index in [1.165, 1.54) is 12.1 Å². The molecule has 290 valence electrons. The Morgan fingerprint density at radius 2 is 0.833 bits per heavy atom. The van der Waals surface area contributed by atoms with E-state index < -0.39 is 23.5 Å². The van der Waals surface area contributed by atoms with Crippen LogP contribution in [0.2, 0.25) is 0 Å². The van der Waals surface area contributed by atoms with Gasteiger partial charge in [0.25, 0.3) is 0 Å². The lowest BCUT2D eigenvalue weighted by molar-refractivity contribution is -0.138. The highest BCUT2D eigenvalue weighted by molar-refractivity contribution is 6.12. The monoisotopic (exact) mass is 798 g/mol. The predicted molar refractivity (Wildman–Crippen MR) is 225 cm³/mol. The molecule has 0 aliphatic heterocycles. The number of hydrogen-bond donors (Lipinski definition) is 0. The molecule has 3 heterocycles. The molecule has 0 aliphatic rings. The van der Waals surface area contributed by atoms with Crippen LogP contribution in [0.15, 0.2) is 170 Å². The number of pyridine rings is 1. The molecule has 10 rings (SSSR count). The third kappa shape index (κ3) is 6.05. The highest BCUT2D eigenvalue weighted by atomic mass is 19.4. The van der Waals surface area contributed by atoms with Crippen molar-refractivity contribution in [2.45, 2.75) is 12.4 Å². The van der Waals surface area contributed by atoms with Crippen LogP contribution in [0.5, 0.6) is 0 Å². The van der Waals surface area contributed by atoms with Gasteiger partial charge in [0.2, 0.25) is 0 Å². The highest BCUT2D eigenvalue weighted by Gasteiger charge is 2.33. The molecule has 0 saturated heterocycles. The Labute approximate surface area is 338 Å². The zero-order valence-corrected chi connectivity index (χ0v) is 31.2. The average Bonchev–Trinajstić information content (AvgIpc) is 3.78. The van der Waals surface area contributed by atoms with Gasteiger partial charge in [-0.25, -0.2) is 9.83 Å². The lowest BCUT2D eigenvalue weighted by atomic mass is 9.97. The van der Waals surface area contributed by atoms with E-state index in [0.29, 0.717) is 77.5 Å². The van der Waals surface area contributed by atoms with Crippen LogP contribution in [0.3, 0.4) is 0 Å². The lowest BCUT2D eigenvalue weighted by Crippen LogP contribution is -2.06. The number of benzene rings is 7. The van der Waals surface area contributed by atoms with Crippen molar-refractivity contribution in [3.63, 3.8) is 0 Å². The number of nitrogens with zero attached hydrogens (tertiary/aromatic N) is 4. The Kier molecular flexibility index (Phi) is 8.40. The summed E-state index contributed by atoms with van der Waals surface area (Å²) in [7, 11) is 0. The number of fused-ring (bicyclic) bond motifs is 6. The minimum absolute atomic E-state index is 0.246. The minimum Gasteiger partial charge on any atom is -0.308 e. The van der Waals surface area contributed by atoms with Crippen LogP contribution in [0.4, 0.5) is 32.0 Å². The van der Waals surface area contributed by atoms with E-state index in [1.54, 1.807) is 48.5 Å². The van der Waals surface area contributed by atoms with Gasteiger partial charge in [-0.3, -0.25) is 0 Å². The minimum atomic E-state index is -4.60. The summed E-state index contributed by atoms with van der Waals surface area (Å²) in [5.41, 5.74) is 5.89. The van der Waals surface area contributed by atoms with Crippen molar-refractivity contribution in [1.82, 2.24) is 14.1 Å². The van der Waals surface area contributed by atoms with Crippen molar-refractivity contribution in [3.8, 4) is 45.0 Å². The third-order valence-electron chi connectivity index (χ3n) is 11.0. The average molecular weight is 799 g/mol. The van der Waals surface area contributed by atoms with E-state index >= 15 is 0 Å². The molecule has 3 aromatic heterocycles. The molecule has 0 N–H and O–H groups in total. The van der Waals surface area contributed by atoms with Gasteiger partial charge in [0.05, 0.1) is 62.5 Å². The van der Waals surface area contributed by atoms with E-state index in [9.17, 15) is 26.3 Å². The number of rotatable bonds is 5. The largest absolute Gasteiger partial charge is 0.416 e. The molecule has 0 radical (unpaired) electrons. The van der Waals surface area contributed by atoms with E-state index in [1.807, 2.05) is 94.1 Å². The number of para-hydroxylation sites is 2. The zero-order valence-electron chi connectivity index (χ0n) is 31.2. The fourth-order valence-corrected chi connectivity index (χ4v) is 8.26. The second-order valence-corrected chi connectivity index (χ2v) is 14.5. The van der Waals surface area contributed by atoms with Gasteiger partial charge in [0.1, 0.15) is 0 Å². The molecule has 0 bridgehead atoms. The molecular weight excluding hydrogens is 771 g/mol. The van der Waals surface area contributed by atoms with Gasteiger partial charge >= 0.3 is 12.4 Å². The van der Waals surface area contributed by atoms with Crippen LogP contribution in [0.1, 0.15) is 11.1 Å². The molecule has 10 aromatic rings. The Morgan fingerprint density at radius 3 is 1.28 bits per heavy atom. The quantitative estimate of drug-likeness (QED) is 0.126. The summed E-state index contributed by atoms with van der Waals surface area (Å²) in [5, 5.41) is 1.84. The maximum absolute atomic E-state index is 14.2. The van der Waals surface area contributed by atoms with Gasteiger partial charge in [0, 0.05) is 32.7 Å². The van der Waals surface area contributed by atoms with Gasteiger partial charge < -0.3 is 9.13 Å². The standard InChI is InChI=1S/C50H28F6N4/c1-57-42-29-48(60-44-19-11-9-17-36(44)39-27-34(50(54,55)56)21-23-46(39)60)47(59-43-18-10-8-16-35(43)38-26-33(49(51,52)53)20-22-45(38)59)28-37(42)32-24-40(30-12-4-2-5-13-30)58-41(25-32)31-14-6-3-7-15-31/h2-29H. The number of halogens is 6. The molecule has 10 heteroatoms. The molecule has 0 amide bonds. The Morgan fingerprint density at radius 1 is 0.417 bits per heavy atom. The first-order chi connectivity index (χ1) is 29.0. The van der Waals surface area contributed by atoms with Gasteiger partial charge in [-0.1, -0.05) is 97.1 Å². The van der Waals surface area contributed by atoms with Crippen LogP contribution >= 0.6 is 0 Å². The summed E-state index contributed by atoms with van der Waals surface area (Å²) < 4.78 is 88.8. The summed E-state index contributed by atoms with van der Waals surface area (Å²) in [6.45, 7) is 8.57. The summed E-state index contributed by atoms with van der Waals surface area (Å²) in [6, 6.07) is 48.2. The number of aromatic nitrogens is 3. The fourth-order valence-electron chi connectivity index (χ4n) is 8.26. The molecule has 7 aromatic carbocycles. The van der Waals surface area contributed by atoms with Crippen LogP contribution in [-0.2, 0) is 12.4 Å². The summed E-state index contributed by atoms with van der Waals surface area (Å²) >= 11 is 0. The Hall–Kier alpha value is -7.64. The van der Waals surface area contributed by atoms with Gasteiger partial charge in [-0.15, -0.1) is 0 Å². The van der Waals surface area contributed by atoms with Crippen molar-refractivity contribution in [1.29, 1.82) is 0 Å². The maximum atomic E-state index is 14.2. The van der Waals surface area contributed by atoms with Gasteiger partial charge in [-0.2, -0.15) is 26.3 Å². The van der Waals surface area contributed by atoms with E-state index in [2.05, 4.69) is 4.85 Å². The maximum Gasteiger partial charge on any atom is 0.416 e. The first-order valence-corrected chi connectivity index (χ1v) is 18.9. The summed E-state index contributed by atoms with van der Waals surface area (Å²) in [4.78, 5) is 9.08. The molecular formula is C50H28F6N4. The summed E-state index contributed by atoms with van der Waals surface area (Å²) in [6.07, 6.45) is -9.19. The molecule has 0 atom stereocenters. The Balaban J connectivity index is 1.35. The predicted octanol–water partition coefficient (Wildman–Crippen LogP) is 14.9. The van der Waals surface area contributed by atoms with Crippen molar-refractivity contribution in [2.24, 2.45) is 0 Å². The van der Waals surface area contributed by atoms with Crippen molar-refractivity contribution >= 4 is 49.3 Å². The fraction of sp³-hybridized carbons (Fsp3) is 0.0400. The molecule has 60 heavy (non-hydrogen) atoms. The van der Waals surface area contributed by atoms with E-state index in [0.717, 1.165) is 35.4 Å². The SMILES string of the molecule is [C-]#[N+]c1cc(-n2c3ccccc3c3cc(C(F)(F)F)ccc32)c(-n2c3ccccc3c3cc(C(F)(F)F)ccc32)cc1-c1cc(-c2ccccc2)nc(-c2ccccc2)c1. The van der Waals surface area contributed by atoms with Crippen LogP contribution in [0, 0.1) is 6.57 Å². The molecule has 0 saturated carbocycles. The zero-order chi connectivity index (χ0) is 41.3. The van der Waals surface area contributed by atoms with Gasteiger partial charge in [0.15, 0.2) is 5.69 Å². The van der Waals surface area contributed by atoms with Crippen LogP contribution in [0.25, 0.3) is 93.5 Å². The first-order valence-electron chi connectivity index (χ1n) is 18.9. The number of hydrogen-bond acceptors (Lipinski definition) is 1. The highest BCUT2D eigenvalue weighted by Crippen LogP contribution is 2.45. The molecule has 0 fully saturated rings. The van der Waals surface area contributed by atoms with Gasteiger partial charge in [-0.05, 0) is 83.9 Å². The second-order valence-electron chi connectivity index (χ2n) is 14.5. The number of alkyl halides is 6. The Bertz CT molecular complexity index is 3300. The summed E-state index contributed by atoms with van der Waals surface area (Å²) in [5.74, 6) is 0. The molecule has 0 aliphatic carbocycles. The van der Waals surface area contributed by atoms with Crippen LogP contribution < -0.4 is 0 Å². The van der Waals surface area contributed by atoms with Crippen molar-refractivity contribution in [3.05, 3.63) is 192 Å².